The first kappa shape index (κ1) is 15.4. The number of benzene rings is 1. The van der Waals surface area contributed by atoms with Gasteiger partial charge >= 0.3 is 0 Å². The third-order valence-corrected chi connectivity index (χ3v) is 5.51. The molecule has 1 aromatic carbocycles. The molecule has 0 saturated heterocycles. The molecule has 122 valence electrons. The number of hydrogen-bond donors (Lipinski definition) is 2. The zero-order valence-electron chi connectivity index (χ0n) is 12.7. The molecule has 3 aliphatic rings. The van der Waals surface area contributed by atoms with E-state index in [1.807, 2.05) is 12.3 Å². The molecule has 4 nitrogen and oxygen atoms in total. The number of thioether (sulfide) groups is 1. The lowest BCUT2D eigenvalue weighted by molar-refractivity contribution is 0.200. The van der Waals surface area contributed by atoms with E-state index in [9.17, 15) is 4.39 Å². The minimum absolute atomic E-state index is 0.0879. The van der Waals surface area contributed by atoms with Crippen LogP contribution in [0.5, 0.6) is 5.75 Å². The molecule has 0 fully saturated rings. The Morgan fingerprint density at radius 3 is 3.17 bits per heavy atom. The fraction of sp³-hybridized carbons (Fsp3) is 0.375. The lowest BCUT2D eigenvalue weighted by Gasteiger charge is -2.42. The second-order valence-corrected chi connectivity index (χ2v) is 7.32. The molecule has 0 aliphatic carbocycles. The SMILES string of the molecule is CS/C1=C/C2=CCCCN2C2NCNc3cc(Br)c(F)c(c32)O1. The predicted octanol–water partition coefficient (Wildman–Crippen LogP) is 4.14. The second-order valence-electron chi connectivity index (χ2n) is 5.66. The molecule has 1 aromatic rings. The zero-order valence-corrected chi connectivity index (χ0v) is 15.1. The van der Waals surface area contributed by atoms with E-state index in [0.29, 0.717) is 22.0 Å². The number of anilines is 1. The number of halogens is 2. The van der Waals surface area contributed by atoms with Crippen LogP contribution in [0, 0.1) is 5.82 Å². The first-order valence-electron chi connectivity index (χ1n) is 7.58. The average molecular weight is 398 g/mol. The summed E-state index contributed by atoms with van der Waals surface area (Å²) in [4.78, 5) is 2.30. The molecule has 1 atom stereocenters. The monoisotopic (exact) mass is 397 g/mol. The molecule has 2 N–H and O–H groups in total. The van der Waals surface area contributed by atoms with Crippen molar-refractivity contribution in [2.75, 3.05) is 24.8 Å². The predicted molar refractivity (Wildman–Crippen MR) is 94.7 cm³/mol. The van der Waals surface area contributed by atoms with Gasteiger partial charge in [0.15, 0.2) is 16.7 Å². The lowest BCUT2D eigenvalue weighted by Crippen LogP contribution is -2.45. The van der Waals surface area contributed by atoms with Crippen LogP contribution in [0.3, 0.4) is 0 Å². The van der Waals surface area contributed by atoms with Crippen molar-refractivity contribution in [1.82, 2.24) is 10.2 Å². The standard InChI is InChI=1S/C16H17BrFN3OS/c1-23-12-6-9-4-2-3-5-21(9)16-13-11(19-8-20-16)7-10(17)14(18)15(13)22-12/h4,6-7,16,19-20H,2-3,5,8H2,1H3/b12-6+. The summed E-state index contributed by atoms with van der Waals surface area (Å²) in [6, 6.07) is 1.79. The van der Waals surface area contributed by atoms with Gasteiger partial charge in [-0.25, -0.2) is 4.39 Å². The van der Waals surface area contributed by atoms with Gasteiger partial charge in [0, 0.05) is 24.0 Å². The van der Waals surface area contributed by atoms with Crippen LogP contribution in [0.25, 0.3) is 0 Å². The van der Waals surface area contributed by atoms with Crippen molar-refractivity contribution in [3.63, 3.8) is 0 Å². The maximum Gasteiger partial charge on any atom is 0.180 e. The first-order chi connectivity index (χ1) is 11.2. The van der Waals surface area contributed by atoms with Gasteiger partial charge in [-0.05, 0) is 41.1 Å². The summed E-state index contributed by atoms with van der Waals surface area (Å²) < 4.78 is 21.1. The third kappa shape index (κ3) is 2.55. The Bertz CT molecular complexity index is 722. The molecule has 0 aromatic heterocycles. The van der Waals surface area contributed by atoms with E-state index in [4.69, 9.17) is 4.74 Å². The second kappa shape index (κ2) is 6.03. The van der Waals surface area contributed by atoms with Gasteiger partial charge in [0.05, 0.1) is 16.7 Å². The molecule has 0 radical (unpaired) electrons. The van der Waals surface area contributed by atoms with Crippen LogP contribution < -0.4 is 15.4 Å². The summed E-state index contributed by atoms with van der Waals surface area (Å²) in [5, 5.41) is 7.43. The highest BCUT2D eigenvalue weighted by Crippen LogP contribution is 2.45. The average Bonchev–Trinajstić information content (AvgIpc) is 2.56. The molecular weight excluding hydrogens is 381 g/mol. The van der Waals surface area contributed by atoms with Crippen molar-refractivity contribution in [3.05, 3.63) is 44.9 Å². The van der Waals surface area contributed by atoms with E-state index in [-0.39, 0.29) is 12.0 Å². The van der Waals surface area contributed by atoms with Gasteiger partial charge in [-0.15, -0.1) is 0 Å². The molecule has 23 heavy (non-hydrogen) atoms. The van der Waals surface area contributed by atoms with Crippen LogP contribution in [0.15, 0.2) is 33.5 Å². The Hall–Kier alpha value is -1.18. The third-order valence-electron chi connectivity index (χ3n) is 4.33. The molecular formula is C16H17BrFN3OS. The van der Waals surface area contributed by atoms with Crippen LogP contribution in [0.2, 0.25) is 0 Å². The Morgan fingerprint density at radius 2 is 2.35 bits per heavy atom. The summed E-state index contributed by atoms with van der Waals surface area (Å²) in [5.74, 6) is -0.0621. The van der Waals surface area contributed by atoms with E-state index < -0.39 is 0 Å². The smallest absolute Gasteiger partial charge is 0.180 e. The first-order valence-corrected chi connectivity index (χ1v) is 9.60. The maximum absolute atomic E-state index is 14.7. The molecule has 3 heterocycles. The Morgan fingerprint density at radius 1 is 1.48 bits per heavy atom. The highest BCUT2D eigenvalue weighted by atomic mass is 79.9. The van der Waals surface area contributed by atoms with Crippen LogP contribution >= 0.6 is 27.7 Å². The Kier molecular flexibility index (Phi) is 4.03. The van der Waals surface area contributed by atoms with Gasteiger partial charge in [0.25, 0.3) is 0 Å². The number of nitrogens with one attached hydrogen (secondary N) is 2. The van der Waals surface area contributed by atoms with E-state index in [0.717, 1.165) is 36.3 Å². The number of allylic oxidation sites excluding steroid dienone is 2. The normalized spacial score (nSPS) is 24.8. The fourth-order valence-corrected chi connectivity index (χ4v) is 4.09. The van der Waals surface area contributed by atoms with E-state index in [2.05, 4.69) is 37.5 Å². The van der Waals surface area contributed by atoms with E-state index in [1.165, 1.54) is 11.8 Å². The highest BCUT2D eigenvalue weighted by molar-refractivity contribution is 9.10. The number of hydrogen-bond acceptors (Lipinski definition) is 5. The number of nitrogens with zero attached hydrogens (tertiary/aromatic N) is 1. The minimum Gasteiger partial charge on any atom is -0.447 e. The van der Waals surface area contributed by atoms with Crippen molar-refractivity contribution in [2.45, 2.75) is 19.0 Å². The van der Waals surface area contributed by atoms with Gasteiger partial charge in [0.1, 0.15) is 6.17 Å². The number of rotatable bonds is 1. The van der Waals surface area contributed by atoms with Crippen LogP contribution in [0.1, 0.15) is 24.6 Å². The molecule has 0 amide bonds. The van der Waals surface area contributed by atoms with Gasteiger partial charge in [-0.1, -0.05) is 17.8 Å². The minimum atomic E-state index is -0.358. The lowest BCUT2D eigenvalue weighted by atomic mass is 10.0. The molecule has 1 unspecified atom stereocenters. The topological polar surface area (TPSA) is 36.5 Å². The quantitative estimate of drug-likeness (QED) is 0.744. The summed E-state index contributed by atoms with van der Waals surface area (Å²) in [7, 11) is 0. The summed E-state index contributed by atoms with van der Waals surface area (Å²) in [5.41, 5.74) is 2.88. The maximum atomic E-state index is 14.7. The zero-order chi connectivity index (χ0) is 16.0. The van der Waals surface area contributed by atoms with Gasteiger partial charge in [-0.2, -0.15) is 0 Å². The molecule has 7 heteroatoms. The summed E-state index contributed by atoms with van der Waals surface area (Å²) in [6.45, 7) is 1.58. The molecule has 0 saturated carbocycles. The molecule has 0 spiro atoms. The fourth-order valence-electron chi connectivity index (χ4n) is 3.27. The van der Waals surface area contributed by atoms with Gasteiger partial charge in [-0.3, -0.25) is 5.32 Å². The van der Waals surface area contributed by atoms with Gasteiger partial charge in [0.2, 0.25) is 0 Å². The van der Waals surface area contributed by atoms with Gasteiger partial charge < -0.3 is 15.0 Å². The van der Waals surface area contributed by atoms with E-state index >= 15 is 0 Å². The van der Waals surface area contributed by atoms with Crippen molar-refractivity contribution in [3.8, 4) is 5.75 Å². The van der Waals surface area contributed by atoms with Crippen molar-refractivity contribution >= 4 is 33.4 Å². The summed E-state index contributed by atoms with van der Waals surface area (Å²) in [6.07, 6.45) is 8.25. The van der Waals surface area contributed by atoms with Crippen LogP contribution in [-0.4, -0.2) is 24.4 Å². The summed E-state index contributed by atoms with van der Waals surface area (Å²) >= 11 is 4.78. The Balaban J connectivity index is 1.96. The van der Waals surface area contributed by atoms with Crippen molar-refractivity contribution in [1.29, 1.82) is 0 Å². The molecule has 0 bridgehead atoms. The van der Waals surface area contributed by atoms with Crippen molar-refractivity contribution in [2.24, 2.45) is 0 Å². The van der Waals surface area contributed by atoms with Crippen LogP contribution in [-0.2, 0) is 0 Å². The number of ether oxygens (including phenoxy) is 1. The highest BCUT2D eigenvalue weighted by Gasteiger charge is 2.35. The molecule has 3 aliphatic heterocycles. The molecule has 4 rings (SSSR count). The van der Waals surface area contributed by atoms with Crippen molar-refractivity contribution < 1.29 is 9.13 Å². The largest absolute Gasteiger partial charge is 0.447 e. The van der Waals surface area contributed by atoms with Crippen LogP contribution in [0.4, 0.5) is 10.1 Å². The number of fused-ring (bicyclic) bond motifs is 2. The Labute approximate surface area is 147 Å². The van der Waals surface area contributed by atoms with E-state index in [1.54, 1.807) is 6.07 Å².